The number of fused-ring (bicyclic) bond motifs is 2. The van der Waals surface area contributed by atoms with Crippen molar-refractivity contribution in [3.63, 3.8) is 0 Å². The maximum Gasteiger partial charge on any atom is 0.258 e. The summed E-state index contributed by atoms with van der Waals surface area (Å²) < 4.78 is 0.988. The molecule has 2 aliphatic rings. The van der Waals surface area contributed by atoms with Gasteiger partial charge in [0.05, 0.1) is 0 Å². The molecule has 2 heterocycles. The summed E-state index contributed by atoms with van der Waals surface area (Å²) in [5.41, 5.74) is 7.15. The molecule has 182 valence electrons. The molecule has 2 aliphatic heterocycles. The molecule has 7 heteroatoms. The van der Waals surface area contributed by atoms with Gasteiger partial charge >= 0.3 is 0 Å². The summed E-state index contributed by atoms with van der Waals surface area (Å²) in [4.78, 5) is 30.1. The molecule has 0 saturated heterocycles. The molecule has 35 heavy (non-hydrogen) atoms. The van der Waals surface area contributed by atoms with Gasteiger partial charge in [0.1, 0.15) is 0 Å². The third kappa shape index (κ3) is 5.51. The van der Waals surface area contributed by atoms with Gasteiger partial charge in [-0.2, -0.15) is 0 Å². The Kier molecular flexibility index (Phi) is 7.45. The Balaban J connectivity index is 0.000000179. The lowest BCUT2D eigenvalue weighted by atomic mass is 9.97. The summed E-state index contributed by atoms with van der Waals surface area (Å²) in [6.45, 7) is 1.47. The summed E-state index contributed by atoms with van der Waals surface area (Å²) in [5.74, 6) is 0.135. The van der Waals surface area contributed by atoms with Gasteiger partial charge in [-0.1, -0.05) is 22.0 Å². The van der Waals surface area contributed by atoms with Crippen molar-refractivity contribution in [2.75, 3.05) is 56.0 Å². The standard InChI is InChI=1S/C17H17BrN2O.C11H14N2O/c1-19(2)14-6-7-16-12(10-14)8-9-20(17(16)21)15-5-3-4-13(18)11-15;1-13(2)9-3-4-10-8(7-9)5-6-12-11(10)14/h3-7,10-11H,8-9H2,1-2H3;3-4,7H,5-6H2,1-2H3,(H,12,14). The van der Waals surface area contributed by atoms with Gasteiger partial charge in [-0.05, 0) is 78.6 Å². The minimum absolute atomic E-state index is 0.0524. The van der Waals surface area contributed by atoms with Gasteiger partial charge in [-0.25, -0.2) is 0 Å². The van der Waals surface area contributed by atoms with Crippen molar-refractivity contribution in [3.8, 4) is 0 Å². The number of carbonyl (C=O) groups excluding carboxylic acids is 2. The molecular formula is C28H31BrN4O2. The summed E-state index contributed by atoms with van der Waals surface area (Å²) in [5, 5.41) is 2.83. The van der Waals surface area contributed by atoms with E-state index in [-0.39, 0.29) is 11.8 Å². The molecule has 1 N–H and O–H groups in total. The molecule has 6 nitrogen and oxygen atoms in total. The average Bonchev–Trinajstić information content (AvgIpc) is 2.84. The van der Waals surface area contributed by atoms with Gasteiger partial charge < -0.3 is 20.0 Å². The summed E-state index contributed by atoms with van der Waals surface area (Å²) in [6, 6.07) is 19.9. The zero-order valence-electron chi connectivity index (χ0n) is 20.6. The van der Waals surface area contributed by atoms with Crippen LogP contribution < -0.4 is 20.0 Å². The topological polar surface area (TPSA) is 55.9 Å². The maximum absolute atomic E-state index is 12.7. The molecule has 0 aliphatic carbocycles. The molecule has 5 rings (SSSR count). The van der Waals surface area contributed by atoms with Crippen LogP contribution in [0.1, 0.15) is 31.8 Å². The van der Waals surface area contributed by atoms with E-state index in [1.807, 2.05) is 86.5 Å². The second-order valence-electron chi connectivity index (χ2n) is 9.16. The van der Waals surface area contributed by atoms with Gasteiger partial charge in [-0.15, -0.1) is 0 Å². The van der Waals surface area contributed by atoms with E-state index < -0.39 is 0 Å². The quantitative estimate of drug-likeness (QED) is 0.526. The fourth-order valence-electron chi connectivity index (χ4n) is 4.34. The van der Waals surface area contributed by atoms with Gasteiger partial charge in [0.15, 0.2) is 0 Å². The highest BCUT2D eigenvalue weighted by Crippen LogP contribution is 2.28. The second kappa shape index (κ2) is 10.5. The molecular weight excluding hydrogens is 504 g/mol. The number of halogens is 1. The number of nitrogens with zero attached hydrogens (tertiary/aromatic N) is 3. The minimum Gasteiger partial charge on any atom is -0.378 e. The zero-order chi connectivity index (χ0) is 25.1. The van der Waals surface area contributed by atoms with Gasteiger partial charge in [0, 0.05) is 73.9 Å². The van der Waals surface area contributed by atoms with Crippen molar-refractivity contribution >= 4 is 44.8 Å². The van der Waals surface area contributed by atoms with Crippen LogP contribution in [0.15, 0.2) is 65.1 Å². The molecule has 0 radical (unpaired) electrons. The van der Waals surface area contributed by atoms with Crippen LogP contribution in [0.4, 0.5) is 17.1 Å². The SMILES string of the molecule is CN(C)c1ccc2c(c1)CCN(c1cccc(Br)c1)C2=O.CN(C)c1ccc2c(c1)CCNC2=O. The number of hydrogen-bond donors (Lipinski definition) is 1. The minimum atomic E-state index is 0.0524. The Morgan fingerprint density at radius 1 is 0.800 bits per heavy atom. The predicted octanol–water partition coefficient (Wildman–Crippen LogP) is 4.76. The first kappa shape index (κ1) is 24.8. The maximum atomic E-state index is 12.7. The number of anilines is 3. The van der Waals surface area contributed by atoms with Crippen molar-refractivity contribution in [2.45, 2.75) is 12.8 Å². The Morgan fingerprint density at radius 2 is 1.43 bits per heavy atom. The molecule has 0 fully saturated rings. The van der Waals surface area contributed by atoms with Crippen LogP contribution in [0.3, 0.4) is 0 Å². The number of carbonyl (C=O) groups is 2. The molecule has 3 aromatic carbocycles. The Morgan fingerprint density at radius 3 is 2.06 bits per heavy atom. The van der Waals surface area contributed by atoms with Crippen molar-refractivity contribution in [2.24, 2.45) is 0 Å². The summed E-state index contributed by atoms with van der Waals surface area (Å²) in [6.07, 6.45) is 1.82. The Labute approximate surface area is 215 Å². The number of rotatable bonds is 3. The second-order valence-corrected chi connectivity index (χ2v) is 10.1. The number of amides is 2. The van der Waals surface area contributed by atoms with Crippen molar-refractivity contribution in [1.29, 1.82) is 0 Å². The highest BCUT2D eigenvalue weighted by molar-refractivity contribution is 9.10. The third-order valence-corrected chi connectivity index (χ3v) is 6.83. The van der Waals surface area contributed by atoms with Gasteiger partial charge in [-0.3, -0.25) is 9.59 Å². The monoisotopic (exact) mass is 534 g/mol. The number of benzene rings is 3. The van der Waals surface area contributed by atoms with Crippen LogP contribution in [0.25, 0.3) is 0 Å². The van der Waals surface area contributed by atoms with Crippen molar-refractivity contribution in [3.05, 3.63) is 87.4 Å². The predicted molar refractivity (Wildman–Crippen MR) is 147 cm³/mol. The highest BCUT2D eigenvalue weighted by Gasteiger charge is 2.25. The molecule has 0 saturated carbocycles. The molecule has 0 spiro atoms. The van der Waals surface area contributed by atoms with Crippen LogP contribution in [0, 0.1) is 0 Å². The molecule has 0 unspecified atom stereocenters. The first-order valence-electron chi connectivity index (χ1n) is 11.7. The van der Waals surface area contributed by atoms with Crippen molar-refractivity contribution in [1.82, 2.24) is 5.32 Å². The van der Waals surface area contributed by atoms with E-state index in [9.17, 15) is 9.59 Å². The van der Waals surface area contributed by atoms with E-state index in [1.54, 1.807) is 0 Å². The third-order valence-electron chi connectivity index (χ3n) is 6.34. The lowest BCUT2D eigenvalue weighted by Crippen LogP contribution is -2.37. The van der Waals surface area contributed by atoms with Crippen LogP contribution in [-0.4, -0.2) is 53.1 Å². The van der Waals surface area contributed by atoms with E-state index in [0.717, 1.165) is 69.7 Å². The van der Waals surface area contributed by atoms with Crippen molar-refractivity contribution < 1.29 is 9.59 Å². The fourth-order valence-corrected chi connectivity index (χ4v) is 4.72. The smallest absolute Gasteiger partial charge is 0.258 e. The lowest BCUT2D eigenvalue weighted by Gasteiger charge is -2.29. The van der Waals surface area contributed by atoms with Crippen LogP contribution in [0.5, 0.6) is 0 Å². The normalized spacial score (nSPS) is 14.3. The number of hydrogen-bond acceptors (Lipinski definition) is 4. The van der Waals surface area contributed by atoms with E-state index in [4.69, 9.17) is 0 Å². The summed E-state index contributed by atoms with van der Waals surface area (Å²) >= 11 is 3.46. The van der Waals surface area contributed by atoms with E-state index >= 15 is 0 Å². The molecule has 3 aromatic rings. The zero-order valence-corrected chi connectivity index (χ0v) is 22.2. The van der Waals surface area contributed by atoms with Crippen LogP contribution >= 0.6 is 15.9 Å². The highest BCUT2D eigenvalue weighted by atomic mass is 79.9. The van der Waals surface area contributed by atoms with Gasteiger partial charge in [0.25, 0.3) is 11.8 Å². The first-order valence-corrected chi connectivity index (χ1v) is 12.5. The molecule has 0 aromatic heterocycles. The lowest BCUT2D eigenvalue weighted by molar-refractivity contribution is 0.0944. The Hall–Kier alpha value is -3.32. The first-order chi connectivity index (χ1) is 16.7. The largest absolute Gasteiger partial charge is 0.378 e. The molecule has 0 bridgehead atoms. The van der Waals surface area contributed by atoms with Gasteiger partial charge in [0.2, 0.25) is 0 Å². The average molecular weight is 535 g/mol. The van der Waals surface area contributed by atoms with E-state index in [2.05, 4.69) is 38.3 Å². The van der Waals surface area contributed by atoms with E-state index in [0.29, 0.717) is 0 Å². The van der Waals surface area contributed by atoms with Crippen LogP contribution in [0.2, 0.25) is 0 Å². The summed E-state index contributed by atoms with van der Waals surface area (Å²) in [7, 11) is 8.04. The molecule has 2 amide bonds. The van der Waals surface area contributed by atoms with E-state index in [1.165, 1.54) is 0 Å². The van der Waals surface area contributed by atoms with Crippen LogP contribution in [-0.2, 0) is 12.8 Å². The fraction of sp³-hybridized carbons (Fsp3) is 0.286. The Bertz CT molecular complexity index is 1260. The number of nitrogens with one attached hydrogen (secondary N) is 1. The molecule has 0 atom stereocenters.